The maximum Gasteiger partial charge on any atom is 0.328 e. The van der Waals surface area contributed by atoms with Crippen LogP contribution in [0.5, 0.6) is 0 Å². The Hall–Kier alpha value is -3.37. The van der Waals surface area contributed by atoms with Crippen LogP contribution in [0.2, 0.25) is 0 Å². The molecule has 30 heavy (non-hydrogen) atoms. The van der Waals surface area contributed by atoms with Crippen molar-refractivity contribution in [1.82, 2.24) is 4.98 Å². The van der Waals surface area contributed by atoms with Crippen LogP contribution in [-0.2, 0) is 16.1 Å². The van der Waals surface area contributed by atoms with E-state index in [9.17, 15) is 14.4 Å². The molecule has 0 unspecified atom stereocenters. The maximum atomic E-state index is 13.1. The fraction of sp³-hybridized carbons (Fsp3) is 0.100. The molecule has 0 aliphatic rings. The van der Waals surface area contributed by atoms with Crippen LogP contribution in [-0.4, -0.2) is 34.3 Å². The van der Waals surface area contributed by atoms with Crippen LogP contribution in [0.25, 0.3) is 0 Å². The van der Waals surface area contributed by atoms with Crippen molar-refractivity contribution in [1.29, 1.82) is 0 Å². The fourth-order valence-corrected chi connectivity index (χ4v) is 4.14. The molecule has 0 aliphatic heterocycles. The average Bonchev–Trinajstić information content (AvgIpc) is 3.19. The Labute approximate surface area is 180 Å². The van der Waals surface area contributed by atoms with Gasteiger partial charge in [0, 0.05) is 11.4 Å². The molecule has 0 bridgehead atoms. The van der Waals surface area contributed by atoms with Gasteiger partial charge in [-0.1, -0.05) is 47.7 Å². The minimum Gasteiger partial charge on any atom is -0.481 e. The Morgan fingerprint density at radius 2 is 1.97 bits per heavy atom. The fourth-order valence-electron chi connectivity index (χ4n) is 2.55. The number of amides is 3. The molecule has 0 spiro atoms. The van der Waals surface area contributed by atoms with E-state index in [2.05, 4.69) is 15.6 Å². The number of urea groups is 1. The largest absolute Gasteiger partial charge is 0.481 e. The number of aromatic nitrogens is 1. The van der Waals surface area contributed by atoms with E-state index in [-0.39, 0.29) is 5.75 Å². The third-order valence-corrected chi connectivity index (χ3v) is 5.94. The first-order valence-corrected chi connectivity index (χ1v) is 10.6. The van der Waals surface area contributed by atoms with Crippen molar-refractivity contribution in [2.75, 3.05) is 21.3 Å². The van der Waals surface area contributed by atoms with E-state index in [0.29, 0.717) is 33.7 Å². The molecule has 0 aliphatic carbocycles. The standard InChI is InChI=1S/C20H18N4O4S2/c25-13-22-15-7-4-8-16(9-15)24(11-14-5-2-1-3-6-14)20(28)23-19-21-10-18(30-19)29-12-17(26)27/h1-10,13H,11-12H2,(H,22,25)(H,26,27)(H,21,23,28). The lowest BCUT2D eigenvalue weighted by molar-refractivity contribution is -0.133. The second kappa shape index (κ2) is 10.4. The molecule has 0 radical (unpaired) electrons. The molecule has 0 fully saturated rings. The van der Waals surface area contributed by atoms with E-state index in [1.54, 1.807) is 24.3 Å². The predicted molar refractivity (Wildman–Crippen MR) is 118 cm³/mol. The highest BCUT2D eigenvalue weighted by molar-refractivity contribution is 8.01. The van der Waals surface area contributed by atoms with Gasteiger partial charge in [0.1, 0.15) is 0 Å². The number of hydrogen-bond acceptors (Lipinski definition) is 6. The van der Waals surface area contributed by atoms with Gasteiger partial charge in [0.05, 0.1) is 22.7 Å². The number of thiazole rings is 1. The molecule has 10 heteroatoms. The van der Waals surface area contributed by atoms with Crippen LogP contribution in [0, 0.1) is 0 Å². The van der Waals surface area contributed by atoms with Crippen molar-refractivity contribution in [3.05, 3.63) is 66.4 Å². The van der Waals surface area contributed by atoms with Crippen molar-refractivity contribution in [3.8, 4) is 0 Å². The van der Waals surface area contributed by atoms with Crippen LogP contribution in [0.3, 0.4) is 0 Å². The minimum absolute atomic E-state index is 0.0771. The molecule has 0 saturated heterocycles. The lowest BCUT2D eigenvalue weighted by Crippen LogP contribution is -2.34. The Morgan fingerprint density at radius 3 is 2.70 bits per heavy atom. The first-order valence-electron chi connectivity index (χ1n) is 8.78. The normalized spacial score (nSPS) is 10.3. The molecule has 3 amide bonds. The number of carbonyl (C=O) groups is 3. The summed E-state index contributed by atoms with van der Waals surface area (Å²) in [6.45, 7) is 0.309. The zero-order valence-electron chi connectivity index (χ0n) is 15.6. The summed E-state index contributed by atoms with van der Waals surface area (Å²) in [5, 5.41) is 14.5. The number of thioether (sulfide) groups is 1. The molecule has 0 atom stereocenters. The van der Waals surface area contributed by atoms with E-state index in [1.807, 2.05) is 30.3 Å². The monoisotopic (exact) mass is 442 g/mol. The first-order chi connectivity index (χ1) is 14.5. The number of carboxylic acids is 1. The Morgan fingerprint density at radius 1 is 1.17 bits per heavy atom. The van der Waals surface area contributed by atoms with Crippen LogP contribution >= 0.6 is 23.1 Å². The summed E-state index contributed by atoms with van der Waals surface area (Å²) >= 11 is 2.35. The van der Waals surface area contributed by atoms with Crippen molar-refractivity contribution < 1.29 is 19.5 Å². The highest BCUT2D eigenvalue weighted by Gasteiger charge is 2.18. The molecule has 2 aromatic carbocycles. The van der Waals surface area contributed by atoms with Crippen LogP contribution in [0.1, 0.15) is 5.56 Å². The molecule has 1 aromatic heterocycles. The molecule has 8 nitrogen and oxygen atoms in total. The number of nitrogens with one attached hydrogen (secondary N) is 2. The summed E-state index contributed by atoms with van der Waals surface area (Å²) in [7, 11) is 0. The third kappa shape index (κ3) is 6.06. The van der Waals surface area contributed by atoms with Gasteiger partial charge in [0.2, 0.25) is 6.41 Å². The molecule has 3 N–H and O–H groups in total. The van der Waals surface area contributed by atoms with Gasteiger partial charge >= 0.3 is 12.0 Å². The molecule has 0 saturated carbocycles. The van der Waals surface area contributed by atoms with Gasteiger partial charge in [0.15, 0.2) is 5.13 Å². The average molecular weight is 443 g/mol. The predicted octanol–water partition coefficient (Wildman–Crippen LogP) is 4.13. The lowest BCUT2D eigenvalue weighted by Gasteiger charge is -2.23. The summed E-state index contributed by atoms with van der Waals surface area (Å²) in [4.78, 5) is 40.2. The first kappa shape index (κ1) is 21.3. The van der Waals surface area contributed by atoms with Crippen LogP contribution < -0.4 is 15.5 Å². The van der Waals surface area contributed by atoms with Gasteiger partial charge in [-0.25, -0.2) is 9.78 Å². The van der Waals surface area contributed by atoms with Gasteiger partial charge in [0.25, 0.3) is 0 Å². The summed E-state index contributed by atoms with van der Waals surface area (Å²) in [6, 6.07) is 16.1. The van der Waals surface area contributed by atoms with E-state index >= 15 is 0 Å². The molecular weight excluding hydrogens is 424 g/mol. The van der Waals surface area contributed by atoms with Crippen molar-refractivity contribution in [2.24, 2.45) is 0 Å². The number of nitrogens with zero attached hydrogens (tertiary/aromatic N) is 2. The SMILES string of the molecule is O=CNc1cccc(N(Cc2ccccc2)C(=O)Nc2ncc(SCC(=O)O)s2)c1. The Kier molecular flexibility index (Phi) is 7.41. The van der Waals surface area contributed by atoms with E-state index in [0.717, 1.165) is 17.3 Å². The zero-order chi connectivity index (χ0) is 21.3. The summed E-state index contributed by atoms with van der Waals surface area (Å²) in [5.74, 6) is -0.997. The molecule has 3 rings (SSSR count). The van der Waals surface area contributed by atoms with Crippen LogP contribution in [0.15, 0.2) is 65.0 Å². The quantitative estimate of drug-likeness (QED) is 0.339. The highest BCUT2D eigenvalue weighted by Crippen LogP contribution is 2.29. The number of carboxylic acid groups (broad SMARTS) is 1. The van der Waals surface area contributed by atoms with Gasteiger partial charge in [-0.15, -0.1) is 11.8 Å². The third-order valence-electron chi connectivity index (χ3n) is 3.85. The molecule has 1 heterocycles. The maximum absolute atomic E-state index is 13.1. The van der Waals surface area contributed by atoms with Crippen molar-refractivity contribution in [2.45, 2.75) is 10.8 Å². The van der Waals surface area contributed by atoms with Crippen molar-refractivity contribution >= 4 is 58.0 Å². The second-order valence-electron chi connectivity index (χ2n) is 5.98. The topological polar surface area (TPSA) is 112 Å². The van der Waals surface area contributed by atoms with Gasteiger partial charge in [-0.3, -0.25) is 19.8 Å². The Bertz CT molecular complexity index is 1030. The Balaban J connectivity index is 1.80. The van der Waals surface area contributed by atoms with Gasteiger partial charge < -0.3 is 10.4 Å². The second-order valence-corrected chi connectivity index (χ2v) is 8.29. The number of rotatable bonds is 9. The lowest BCUT2D eigenvalue weighted by atomic mass is 10.2. The number of carbonyl (C=O) groups excluding carboxylic acids is 2. The summed E-state index contributed by atoms with van der Waals surface area (Å²) in [5.41, 5.74) is 2.09. The minimum atomic E-state index is -0.920. The smallest absolute Gasteiger partial charge is 0.328 e. The number of benzene rings is 2. The zero-order valence-corrected chi connectivity index (χ0v) is 17.3. The van der Waals surface area contributed by atoms with Gasteiger partial charge in [-0.2, -0.15) is 0 Å². The molecule has 154 valence electrons. The van der Waals surface area contributed by atoms with Gasteiger partial charge in [-0.05, 0) is 23.8 Å². The molecular formula is C20H18N4O4S2. The van der Waals surface area contributed by atoms with E-state index in [4.69, 9.17) is 5.11 Å². The number of aliphatic carboxylic acids is 1. The highest BCUT2D eigenvalue weighted by atomic mass is 32.2. The summed E-state index contributed by atoms with van der Waals surface area (Å²) in [6.07, 6.45) is 2.11. The number of hydrogen-bond donors (Lipinski definition) is 3. The van der Waals surface area contributed by atoms with E-state index in [1.165, 1.54) is 22.4 Å². The van der Waals surface area contributed by atoms with Crippen molar-refractivity contribution in [3.63, 3.8) is 0 Å². The summed E-state index contributed by atoms with van der Waals surface area (Å²) < 4.78 is 0.694. The van der Waals surface area contributed by atoms with E-state index < -0.39 is 12.0 Å². The van der Waals surface area contributed by atoms with Crippen LogP contribution in [0.4, 0.5) is 21.3 Å². The number of anilines is 3. The molecule has 3 aromatic rings.